The van der Waals surface area contributed by atoms with Crippen molar-refractivity contribution in [1.82, 2.24) is 0 Å². The van der Waals surface area contributed by atoms with E-state index in [9.17, 15) is 9.59 Å². The van der Waals surface area contributed by atoms with Crippen LogP contribution in [0.15, 0.2) is 30.3 Å². The molecule has 0 bridgehead atoms. The predicted molar refractivity (Wildman–Crippen MR) is 107 cm³/mol. The third-order valence-electron chi connectivity index (χ3n) is 3.82. The number of carbonyl (C=O) groups excluding carboxylic acids is 2. The fourth-order valence-corrected chi connectivity index (χ4v) is 2.74. The number of carbonyl (C=O) groups is 2. The van der Waals surface area contributed by atoms with Gasteiger partial charge in [0.1, 0.15) is 5.75 Å². The van der Waals surface area contributed by atoms with Crippen molar-refractivity contribution in [3.8, 4) is 5.75 Å². The Morgan fingerprint density at radius 2 is 1.74 bits per heavy atom. The molecule has 0 aliphatic heterocycles. The fourth-order valence-electron chi connectivity index (χ4n) is 2.27. The quantitative estimate of drug-likeness (QED) is 0.662. The predicted octanol–water partition coefficient (Wildman–Crippen LogP) is 4.87. The summed E-state index contributed by atoms with van der Waals surface area (Å²) in [5.41, 5.74) is 3.14. The Morgan fingerprint density at radius 3 is 2.48 bits per heavy atom. The van der Waals surface area contributed by atoms with Gasteiger partial charge < -0.3 is 14.8 Å². The Bertz CT molecular complexity index is 852. The highest BCUT2D eigenvalue weighted by molar-refractivity contribution is 6.40. The number of rotatable bonds is 7. The molecule has 0 aliphatic carbocycles. The van der Waals surface area contributed by atoms with Crippen molar-refractivity contribution < 1.29 is 19.1 Å². The number of esters is 1. The molecule has 2 aromatic rings. The lowest BCUT2D eigenvalue weighted by molar-refractivity contribution is -0.147. The van der Waals surface area contributed by atoms with Gasteiger partial charge in [-0.2, -0.15) is 0 Å². The summed E-state index contributed by atoms with van der Waals surface area (Å²) in [6.07, 6.45) is 0.0343. The summed E-state index contributed by atoms with van der Waals surface area (Å²) in [4.78, 5) is 23.8. The number of anilines is 1. The van der Waals surface area contributed by atoms with Gasteiger partial charge in [0.05, 0.1) is 28.8 Å². The number of hydrogen-bond acceptors (Lipinski definition) is 4. The van der Waals surface area contributed by atoms with Crippen LogP contribution in [0.2, 0.25) is 10.0 Å². The molecule has 5 nitrogen and oxygen atoms in total. The number of hydrogen-bond donors (Lipinski definition) is 1. The van der Waals surface area contributed by atoms with Gasteiger partial charge in [0.2, 0.25) is 0 Å². The monoisotopic (exact) mass is 409 g/mol. The van der Waals surface area contributed by atoms with Crippen molar-refractivity contribution in [1.29, 1.82) is 0 Å². The van der Waals surface area contributed by atoms with Crippen LogP contribution >= 0.6 is 23.2 Å². The largest absolute Gasteiger partial charge is 0.493 e. The highest BCUT2D eigenvalue weighted by Gasteiger charge is 2.14. The second-order valence-corrected chi connectivity index (χ2v) is 6.91. The highest BCUT2D eigenvalue weighted by Crippen LogP contribution is 2.32. The third-order valence-corrected chi connectivity index (χ3v) is 4.62. The fraction of sp³-hybridized carbons (Fsp3) is 0.300. The molecule has 0 saturated carbocycles. The third kappa shape index (κ3) is 6.15. The van der Waals surface area contributed by atoms with Crippen LogP contribution in [0.4, 0.5) is 5.69 Å². The summed E-state index contributed by atoms with van der Waals surface area (Å²) in [5.74, 6) is -0.325. The Kier molecular flexibility index (Phi) is 7.51. The lowest BCUT2D eigenvalue weighted by Crippen LogP contribution is -2.22. The van der Waals surface area contributed by atoms with Crippen molar-refractivity contribution in [2.24, 2.45) is 0 Å². The summed E-state index contributed by atoms with van der Waals surface area (Å²) in [6, 6.07) is 9.23. The molecule has 0 spiro atoms. The first-order valence-electron chi connectivity index (χ1n) is 8.38. The first-order valence-corrected chi connectivity index (χ1v) is 9.13. The highest BCUT2D eigenvalue weighted by atomic mass is 35.5. The molecule has 144 valence electrons. The molecule has 7 heteroatoms. The second kappa shape index (κ2) is 9.62. The van der Waals surface area contributed by atoms with Gasteiger partial charge in [-0.25, -0.2) is 0 Å². The van der Waals surface area contributed by atoms with Gasteiger partial charge in [-0.15, -0.1) is 0 Å². The van der Waals surface area contributed by atoms with Crippen molar-refractivity contribution in [3.05, 3.63) is 57.1 Å². The van der Waals surface area contributed by atoms with E-state index >= 15 is 0 Å². The summed E-state index contributed by atoms with van der Waals surface area (Å²) in [5, 5.41) is 3.22. The molecule has 1 amide bonds. The zero-order valence-corrected chi connectivity index (χ0v) is 16.9. The molecule has 27 heavy (non-hydrogen) atoms. The van der Waals surface area contributed by atoms with E-state index < -0.39 is 18.5 Å². The SMILES string of the molecule is Cc1ccc(C)c(OCCC(=O)OCC(=O)Nc2c(Cl)ccc(C)c2Cl)c1. The molecule has 0 unspecified atom stereocenters. The number of ether oxygens (including phenoxy) is 2. The first kappa shape index (κ1) is 21.1. The minimum absolute atomic E-state index is 0.0343. The number of aryl methyl sites for hydroxylation is 3. The molecule has 2 rings (SSSR count). The Morgan fingerprint density at radius 1 is 1.04 bits per heavy atom. The second-order valence-electron chi connectivity index (χ2n) is 6.13. The average molecular weight is 410 g/mol. The van der Waals surface area contributed by atoms with Crippen molar-refractivity contribution in [2.75, 3.05) is 18.5 Å². The molecule has 0 atom stereocenters. The van der Waals surface area contributed by atoms with E-state index in [4.69, 9.17) is 32.7 Å². The molecule has 2 aromatic carbocycles. The van der Waals surface area contributed by atoms with Crippen LogP contribution in [-0.2, 0) is 14.3 Å². The van der Waals surface area contributed by atoms with Crippen LogP contribution in [0.1, 0.15) is 23.1 Å². The number of nitrogens with one attached hydrogen (secondary N) is 1. The molecule has 0 aromatic heterocycles. The van der Waals surface area contributed by atoms with E-state index in [-0.39, 0.29) is 13.0 Å². The molecule has 0 radical (unpaired) electrons. The van der Waals surface area contributed by atoms with Gasteiger partial charge in [0.15, 0.2) is 6.61 Å². The van der Waals surface area contributed by atoms with E-state index in [1.165, 1.54) is 0 Å². The molecule has 0 saturated heterocycles. The standard InChI is InChI=1S/C20H21Cl2NO4/c1-12-4-5-13(2)16(10-12)26-9-8-18(25)27-11-17(24)23-20-15(21)7-6-14(3)19(20)22/h4-7,10H,8-9,11H2,1-3H3,(H,23,24). The average Bonchev–Trinajstić information content (AvgIpc) is 2.63. The lowest BCUT2D eigenvalue weighted by atomic mass is 10.1. The zero-order chi connectivity index (χ0) is 20.0. The normalized spacial score (nSPS) is 10.4. The molecule has 0 heterocycles. The van der Waals surface area contributed by atoms with E-state index in [2.05, 4.69) is 5.32 Å². The zero-order valence-electron chi connectivity index (χ0n) is 15.4. The van der Waals surface area contributed by atoms with Gasteiger partial charge in [-0.05, 0) is 49.6 Å². The minimum Gasteiger partial charge on any atom is -0.493 e. The van der Waals surface area contributed by atoms with Gasteiger partial charge in [0, 0.05) is 0 Å². The van der Waals surface area contributed by atoms with Gasteiger partial charge in [0.25, 0.3) is 5.91 Å². The van der Waals surface area contributed by atoms with E-state index in [1.54, 1.807) is 19.1 Å². The lowest BCUT2D eigenvalue weighted by Gasteiger charge is -2.12. The number of halogens is 2. The van der Waals surface area contributed by atoms with Gasteiger partial charge >= 0.3 is 5.97 Å². The van der Waals surface area contributed by atoms with E-state index in [1.807, 2.05) is 32.0 Å². The molecule has 1 N–H and O–H groups in total. The van der Waals surface area contributed by atoms with Crippen molar-refractivity contribution in [2.45, 2.75) is 27.2 Å². The summed E-state index contributed by atoms with van der Waals surface area (Å²) < 4.78 is 10.6. The Hall–Kier alpha value is -2.24. The maximum Gasteiger partial charge on any atom is 0.309 e. The van der Waals surface area contributed by atoms with Crippen LogP contribution < -0.4 is 10.1 Å². The Balaban J connectivity index is 1.78. The smallest absolute Gasteiger partial charge is 0.309 e. The number of amides is 1. The maximum absolute atomic E-state index is 12.0. The van der Waals surface area contributed by atoms with Crippen LogP contribution in [0.5, 0.6) is 5.75 Å². The van der Waals surface area contributed by atoms with E-state index in [0.717, 1.165) is 22.4 Å². The van der Waals surface area contributed by atoms with E-state index in [0.29, 0.717) is 15.7 Å². The molecule has 0 aliphatic rings. The molecule has 0 fully saturated rings. The topological polar surface area (TPSA) is 64.6 Å². The van der Waals surface area contributed by atoms with Gasteiger partial charge in [-0.1, -0.05) is 41.4 Å². The van der Waals surface area contributed by atoms with Crippen molar-refractivity contribution in [3.63, 3.8) is 0 Å². The van der Waals surface area contributed by atoms with Crippen LogP contribution in [0, 0.1) is 20.8 Å². The van der Waals surface area contributed by atoms with Crippen LogP contribution in [-0.4, -0.2) is 25.1 Å². The van der Waals surface area contributed by atoms with Crippen LogP contribution in [0.3, 0.4) is 0 Å². The summed E-state index contributed by atoms with van der Waals surface area (Å²) >= 11 is 12.2. The Labute approximate surface area is 168 Å². The summed E-state index contributed by atoms with van der Waals surface area (Å²) in [7, 11) is 0. The first-order chi connectivity index (χ1) is 12.8. The molecular weight excluding hydrogens is 389 g/mol. The maximum atomic E-state index is 12.0. The van der Waals surface area contributed by atoms with Crippen molar-refractivity contribution >= 4 is 40.8 Å². The summed E-state index contributed by atoms with van der Waals surface area (Å²) in [6.45, 7) is 5.43. The number of benzene rings is 2. The minimum atomic E-state index is -0.531. The molecular formula is C20H21Cl2NO4. The van der Waals surface area contributed by atoms with Crippen LogP contribution in [0.25, 0.3) is 0 Å². The van der Waals surface area contributed by atoms with Gasteiger partial charge in [-0.3, -0.25) is 9.59 Å².